The van der Waals surface area contributed by atoms with Crippen LogP contribution < -0.4 is 5.32 Å². The second-order valence-corrected chi connectivity index (χ2v) is 8.13. The largest absolute Gasteiger partial charge is 0.466 e. The van der Waals surface area contributed by atoms with Crippen LogP contribution in [-0.4, -0.2) is 65.8 Å². The van der Waals surface area contributed by atoms with Gasteiger partial charge in [0.1, 0.15) is 0 Å². The van der Waals surface area contributed by atoms with Gasteiger partial charge < -0.3 is 19.9 Å². The van der Waals surface area contributed by atoms with Gasteiger partial charge in [-0.1, -0.05) is 30.3 Å². The maximum absolute atomic E-state index is 12.9. The minimum Gasteiger partial charge on any atom is -0.466 e. The van der Waals surface area contributed by atoms with Crippen LogP contribution in [0, 0.1) is 5.92 Å². The molecule has 3 amide bonds. The van der Waals surface area contributed by atoms with Crippen molar-refractivity contribution in [3.05, 3.63) is 35.9 Å². The third-order valence-electron chi connectivity index (χ3n) is 5.81. The molecule has 1 unspecified atom stereocenters. The van der Waals surface area contributed by atoms with Crippen molar-refractivity contribution >= 4 is 23.7 Å². The van der Waals surface area contributed by atoms with Gasteiger partial charge in [-0.25, -0.2) is 0 Å². The third-order valence-corrected chi connectivity index (χ3v) is 5.81. The number of nitrogens with one attached hydrogen (secondary N) is 1. The summed E-state index contributed by atoms with van der Waals surface area (Å²) in [5.41, 5.74) is 1.06. The molecule has 2 fully saturated rings. The molecule has 1 N–H and O–H groups in total. The minimum absolute atomic E-state index is 0.00136. The number of piperidine rings is 1. The van der Waals surface area contributed by atoms with Crippen molar-refractivity contribution in [2.75, 3.05) is 26.2 Å². The summed E-state index contributed by atoms with van der Waals surface area (Å²) in [6.45, 7) is 4.15. The fourth-order valence-corrected chi connectivity index (χ4v) is 4.15. The molecule has 3 rings (SSSR count). The van der Waals surface area contributed by atoms with Crippen molar-refractivity contribution in [3.8, 4) is 0 Å². The molecule has 0 radical (unpaired) electrons. The Hall–Kier alpha value is -2.90. The smallest absolute Gasteiger partial charge is 0.306 e. The zero-order valence-corrected chi connectivity index (χ0v) is 18.0. The van der Waals surface area contributed by atoms with Gasteiger partial charge in [-0.05, 0) is 25.3 Å². The van der Waals surface area contributed by atoms with Crippen molar-refractivity contribution in [2.45, 2.75) is 51.6 Å². The number of rotatable bonds is 8. The van der Waals surface area contributed by atoms with Gasteiger partial charge in [0.05, 0.1) is 18.9 Å². The fourth-order valence-electron chi connectivity index (χ4n) is 4.15. The van der Waals surface area contributed by atoms with Gasteiger partial charge in [0.15, 0.2) is 0 Å². The number of likely N-dealkylation sites (tertiary alicyclic amines) is 2. The maximum atomic E-state index is 12.9. The molecule has 0 saturated carbocycles. The molecule has 1 atom stereocenters. The molecule has 2 saturated heterocycles. The summed E-state index contributed by atoms with van der Waals surface area (Å²) >= 11 is 0. The Balaban J connectivity index is 1.40. The van der Waals surface area contributed by atoms with Gasteiger partial charge in [0, 0.05) is 45.1 Å². The van der Waals surface area contributed by atoms with Crippen LogP contribution in [0.15, 0.2) is 30.3 Å². The average molecular weight is 430 g/mol. The van der Waals surface area contributed by atoms with E-state index in [1.54, 1.807) is 11.8 Å². The summed E-state index contributed by atoms with van der Waals surface area (Å²) < 4.78 is 4.83. The molecule has 0 aromatic heterocycles. The Morgan fingerprint density at radius 3 is 2.48 bits per heavy atom. The number of ether oxygens (including phenoxy) is 1. The van der Waals surface area contributed by atoms with E-state index in [-0.39, 0.29) is 54.9 Å². The summed E-state index contributed by atoms with van der Waals surface area (Å²) in [4.78, 5) is 52.2. The highest BCUT2D eigenvalue weighted by atomic mass is 16.5. The number of amides is 3. The fraction of sp³-hybridized carbons (Fsp3) is 0.565. The van der Waals surface area contributed by atoms with Crippen molar-refractivity contribution in [1.29, 1.82) is 0 Å². The van der Waals surface area contributed by atoms with Crippen molar-refractivity contribution in [2.24, 2.45) is 5.92 Å². The average Bonchev–Trinajstić information content (AvgIpc) is 3.13. The second-order valence-electron chi connectivity index (χ2n) is 8.13. The van der Waals surface area contributed by atoms with E-state index < -0.39 is 0 Å². The van der Waals surface area contributed by atoms with Crippen molar-refractivity contribution < 1.29 is 23.9 Å². The Kier molecular flexibility index (Phi) is 8.03. The van der Waals surface area contributed by atoms with E-state index in [1.807, 2.05) is 35.2 Å². The molecule has 2 aliphatic rings. The topological polar surface area (TPSA) is 96.0 Å². The summed E-state index contributed by atoms with van der Waals surface area (Å²) in [5, 5.41) is 2.94. The number of esters is 1. The van der Waals surface area contributed by atoms with E-state index in [4.69, 9.17) is 4.74 Å². The molecule has 168 valence electrons. The predicted molar refractivity (Wildman–Crippen MR) is 114 cm³/mol. The highest BCUT2D eigenvalue weighted by Crippen LogP contribution is 2.24. The first-order valence-electron chi connectivity index (χ1n) is 11.0. The van der Waals surface area contributed by atoms with E-state index in [2.05, 4.69) is 5.32 Å². The van der Waals surface area contributed by atoms with Crippen LogP contribution in [0.5, 0.6) is 0 Å². The van der Waals surface area contributed by atoms with Gasteiger partial charge in [0.2, 0.25) is 17.7 Å². The van der Waals surface area contributed by atoms with Gasteiger partial charge in [-0.15, -0.1) is 0 Å². The summed E-state index contributed by atoms with van der Waals surface area (Å²) in [5.74, 6) is -0.796. The Bertz CT molecular complexity index is 790. The lowest BCUT2D eigenvalue weighted by atomic mass is 10.0. The number of carbonyl (C=O) groups is 4. The predicted octanol–water partition coefficient (Wildman–Crippen LogP) is 1.49. The number of hydrogen-bond donors (Lipinski definition) is 1. The second kappa shape index (κ2) is 10.9. The first-order chi connectivity index (χ1) is 15.0. The SMILES string of the molecule is CCOC(=O)CCC(=O)NC1CCN(C(=O)C2CC(=O)N(Cc3ccccc3)C2)CC1. The summed E-state index contributed by atoms with van der Waals surface area (Å²) in [6.07, 6.45) is 1.79. The van der Waals surface area contributed by atoms with Gasteiger partial charge >= 0.3 is 5.97 Å². The van der Waals surface area contributed by atoms with Crippen LogP contribution in [0.1, 0.15) is 44.6 Å². The molecule has 1 aromatic rings. The number of hydrogen-bond acceptors (Lipinski definition) is 5. The van der Waals surface area contributed by atoms with Crippen molar-refractivity contribution in [1.82, 2.24) is 15.1 Å². The van der Waals surface area contributed by atoms with E-state index >= 15 is 0 Å². The molecule has 2 heterocycles. The maximum Gasteiger partial charge on any atom is 0.306 e. The highest BCUT2D eigenvalue weighted by Gasteiger charge is 2.37. The number of nitrogens with zero attached hydrogens (tertiary/aromatic N) is 2. The Labute approximate surface area is 182 Å². The van der Waals surface area contributed by atoms with Gasteiger partial charge in [-0.3, -0.25) is 19.2 Å². The standard InChI is InChI=1S/C23H31N3O5/c1-2-31-22(29)9-8-20(27)24-19-10-12-25(13-11-19)23(30)18-14-21(28)26(16-18)15-17-6-4-3-5-7-17/h3-7,18-19H,2,8-16H2,1H3,(H,24,27). The summed E-state index contributed by atoms with van der Waals surface area (Å²) in [6, 6.07) is 9.78. The van der Waals surface area contributed by atoms with E-state index in [0.29, 0.717) is 45.6 Å². The first-order valence-corrected chi connectivity index (χ1v) is 11.0. The summed E-state index contributed by atoms with van der Waals surface area (Å²) in [7, 11) is 0. The van der Waals surface area contributed by atoms with Crippen LogP contribution >= 0.6 is 0 Å². The van der Waals surface area contributed by atoms with E-state index in [9.17, 15) is 19.2 Å². The molecule has 2 aliphatic heterocycles. The lowest BCUT2D eigenvalue weighted by molar-refractivity contribution is -0.144. The molecule has 0 spiro atoms. The van der Waals surface area contributed by atoms with Crippen LogP contribution in [0.4, 0.5) is 0 Å². The molecule has 8 nitrogen and oxygen atoms in total. The van der Waals surface area contributed by atoms with Crippen LogP contribution in [-0.2, 0) is 30.5 Å². The molecular weight excluding hydrogens is 398 g/mol. The number of benzene rings is 1. The zero-order valence-electron chi connectivity index (χ0n) is 18.0. The minimum atomic E-state index is -0.370. The molecule has 0 bridgehead atoms. The normalized spacial score (nSPS) is 19.4. The molecule has 31 heavy (non-hydrogen) atoms. The monoisotopic (exact) mass is 429 g/mol. The Morgan fingerprint density at radius 2 is 1.81 bits per heavy atom. The van der Waals surface area contributed by atoms with Crippen LogP contribution in [0.2, 0.25) is 0 Å². The zero-order chi connectivity index (χ0) is 22.2. The lowest BCUT2D eigenvalue weighted by Gasteiger charge is -2.33. The molecule has 0 aliphatic carbocycles. The molecule has 1 aromatic carbocycles. The van der Waals surface area contributed by atoms with Gasteiger partial charge in [0.25, 0.3) is 0 Å². The quantitative estimate of drug-likeness (QED) is 0.632. The first kappa shape index (κ1) is 22.8. The van der Waals surface area contributed by atoms with E-state index in [0.717, 1.165) is 5.56 Å². The highest BCUT2D eigenvalue weighted by molar-refractivity contribution is 5.89. The van der Waals surface area contributed by atoms with Crippen LogP contribution in [0.3, 0.4) is 0 Å². The van der Waals surface area contributed by atoms with Gasteiger partial charge in [-0.2, -0.15) is 0 Å². The van der Waals surface area contributed by atoms with Crippen LogP contribution in [0.25, 0.3) is 0 Å². The number of carbonyl (C=O) groups excluding carboxylic acids is 4. The molecule has 8 heteroatoms. The van der Waals surface area contributed by atoms with Crippen molar-refractivity contribution in [3.63, 3.8) is 0 Å². The lowest BCUT2D eigenvalue weighted by Crippen LogP contribution is -2.48. The van der Waals surface area contributed by atoms with E-state index in [1.165, 1.54) is 0 Å². The Morgan fingerprint density at radius 1 is 1.10 bits per heavy atom. The molecular formula is C23H31N3O5. The third kappa shape index (κ3) is 6.54.